The Kier molecular flexibility index (Phi) is 3.99. The van der Waals surface area contributed by atoms with Gasteiger partial charge in [-0.05, 0) is 43.4 Å². The first-order valence-electron chi connectivity index (χ1n) is 6.23. The smallest absolute Gasteiger partial charge is 0.329 e. The van der Waals surface area contributed by atoms with Gasteiger partial charge in [0.2, 0.25) is 5.91 Å². The first kappa shape index (κ1) is 12.4. The van der Waals surface area contributed by atoms with Gasteiger partial charge in [0.15, 0.2) is 0 Å². The van der Waals surface area contributed by atoms with E-state index >= 15 is 0 Å². The van der Waals surface area contributed by atoms with Crippen molar-refractivity contribution in [3.8, 4) is 0 Å². The van der Waals surface area contributed by atoms with Crippen LogP contribution in [0.5, 0.6) is 0 Å². The van der Waals surface area contributed by atoms with Crippen LogP contribution in [0, 0.1) is 17.8 Å². The van der Waals surface area contributed by atoms with E-state index in [0.717, 1.165) is 18.4 Å². The minimum absolute atomic E-state index is 0.158. The second-order valence-corrected chi connectivity index (χ2v) is 5.03. The molecule has 0 aromatic heterocycles. The van der Waals surface area contributed by atoms with E-state index in [-0.39, 0.29) is 12.5 Å². The molecule has 2 aliphatic carbocycles. The molecule has 2 aliphatic rings. The van der Waals surface area contributed by atoms with Crippen LogP contribution in [0.3, 0.4) is 0 Å². The van der Waals surface area contributed by atoms with Crippen molar-refractivity contribution >= 4 is 11.9 Å². The maximum atomic E-state index is 11.4. The molecular weight excluding hydrogens is 222 g/mol. The highest BCUT2D eigenvalue weighted by molar-refractivity contribution is 5.77. The fourth-order valence-electron chi connectivity index (χ4n) is 2.28. The van der Waals surface area contributed by atoms with Gasteiger partial charge in [-0.3, -0.25) is 4.79 Å². The fraction of sp³-hybridized carbons (Fsp3) is 0.833. The van der Waals surface area contributed by atoms with E-state index in [9.17, 15) is 9.59 Å². The van der Waals surface area contributed by atoms with Gasteiger partial charge in [-0.25, -0.2) is 4.79 Å². The Morgan fingerprint density at radius 3 is 2.24 bits per heavy atom. The van der Waals surface area contributed by atoms with Crippen molar-refractivity contribution in [3.05, 3.63) is 0 Å². The molecular formula is C12H19NO4. The molecule has 0 atom stereocenters. The zero-order valence-corrected chi connectivity index (χ0v) is 9.85. The Morgan fingerprint density at radius 1 is 1.18 bits per heavy atom. The zero-order valence-electron chi connectivity index (χ0n) is 9.85. The maximum absolute atomic E-state index is 11.4. The highest BCUT2D eigenvalue weighted by Crippen LogP contribution is 2.48. The molecule has 5 heteroatoms. The summed E-state index contributed by atoms with van der Waals surface area (Å²) >= 11 is 0. The highest BCUT2D eigenvalue weighted by atomic mass is 16.5. The average Bonchev–Trinajstić information content (AvgIpc) is 3.12. The molecule has 0 saturated heterocycles. The molecule has 2 rings (SSSR count). The summed E-state index contributed by atoms with van der Waals surface area (Å²) in [6, 6.07) is 0. The van der Waals surface area contributed by atoms with Gasteiger partial charge in [-0.1, -0.05) is 0 Å². The second-order valence-electron chi connectivity index (χ2n) is 5.03. The molecule has 5 nitrogen and oxygen atoms in total. The lowest BCUT2D eigenvalue weighted by Gasteiger charge is -2.16. The van der Waals surface area contributed by atoms with Gasteiger partial charge in [0.05, 0.1) is 0 Å². The van der Waals surface area contributed by atoms with Gasteiger partial charge in [0.1, 0.15) is 13.2 Å². The predicted octanol–water partition coefficient (Wildman–Crippen LogP) is 0.640. The minimum Gasteiger partial charge on any atom is -0.480 e. The number of aliphatic carboxylic acids is 1. The number of nitrogens with one attached hydrogen (secondary N) is 1. The van der Waals surface area contributed by atoms with E-state index in [4.69, 9.17) is 9.84 Å². The first-order valence-corrected chi connectivity index (χ1v) is 6.23. The van der Waals surface area contributed by atoms with Gasteiger partial charge in [-0.2, -0.15) is 0 Å². The number of hydrogen-bond donors (Lipinski definition) is 2. The number of carboxylic acid groups (broad SMARTS) is 1. The van der Waals surface area contributed by atoms with Crippen molar-refractivity contribution in [1.29, 1.82) is 0 Å². The van der Waals surface area contributed by atoms with Crippen molar-refractivity contribution in [1.82, 2.24) is 5.32 Å². The molecule has 17 heavy (non-hydrogen) atoms. The van der Waals surface area contributed by atoms with Crippen LogP contribution in [0.2, 0.25) is 0 Å². The van der Waals surface area contributed by atoms with E-state index in [1.165, 1.54) is 25.7 Å². The van der Waals surface area contributed by atoms with Crippen LogP contribution in [-0.2, 0) is 14.3 Å². The average molecular weight is 241 g/mol. The molecule has 0 spiro atoms. The predicted molar refractivity (Wildman–Crippen MR) is 60.4 cm³/mol. The minimum atomic E-state index is -1.05. The highest BCUT2D eigenvalue weighted by Gasteiger charge is 2.41. The van der Waals surface area contributed by atoms with Gasteiger partial charge in [0, 0.05) is 6.54 Å². The molecule has 0 unspecified atom stereocenters. The van der Waals surface area contributed by atoms with Crippen LogP contribution >= 0.6 is 0 Å². The van der Waals surface area contributed by atoms with Crippen molar-refractivity contribution < 1.29 is 19.4 Å². The summed E-state index contributed by atoms with van der Waals surface area (Å²) in [7, 11) is 0. The van der Waals surface area contributed by atoms with Gasteiger partial charge >= 0.3 is 5.97 Å². The van der Waals surface area contributed by atoms with Crippen LogP contribution in [-0.4, -0.2) is 36.7 Å². The van der Waals surface area contributed by atoms with Crippen molar-refractivity contribution in [2.75, 3.05) is 19.8 Å². The summed E-state index contributed by atoms with van der Waals surface area (Å²) in [5, 5.41) is 11.2. The Bertz CT molecular complexity index is 285. The molecule has 2 saturated carbocycles. The number of amides is 1. The Hall–Kier alpha value is -1.10. The number of rotatable bonds is 8. The van der Waals surface area contributed by atoms with Crippen LogP contribution in [0.25, 0.3) is 0 Å². The molecule has 2 fully saturated rings. The van der Waals surface area contributed by atoms with Crippen molar-refractivity contribution in [3.63, 3.8) is 0 Å². The summed E-state index contributed by atoms with van der Waals surface area (Å²) in [6.07, 6.45) is 5.19. The first-order chi connectivity index (χ1) is 8.16. The number of carbonyl (C=O) groups is 2. The fourth-order valence-corrected chi connectivity index (χ4v) is 2.28. The third-order valence-corrected chi connectivity index (χ3v) is 3.45. The summed E-state index contributed by atoms with van der Waals surface area (Å²) in [6.45, 7) is 0.154. The molecule has 0 aromatic carbocycles. The van der Waals surface area contributed by atoms with Crippen molar-refractivity contribution in [2.45, 2.75) is 25.7 Å². The van der Waals surface area contributed by atoms with Crippen LogP contribution < -0.4 is 5.32 Å². The van der Waals surface area contributed by atoms with Gasteiger partial charge in [-0.15, -0.1) is 0 Å². The molecule has 2 N–H and O–H groups in total. The van der Waals surface area contributed by atoms with E-state index < -0.39 is 12.6 Å². The van der Waals surface area contributed by atoms with E-state index in [2.05, 4.69) is 5.32 Å². The summed E-state index contributed by atoms with van der Waals surface area (Å²) in [5.41, 5.74) is 0. The second kappa shape index (κ2) is 5.49. The summed E-state index contributed by atoms with van der Waals surface area (Å²) in [5.74, 6) is 0.994. The normalized spacial score (nSPS) is 19.4. The lowest BCUT2D eigenvalue weighted by atomic mass is 9.98. The molecule has 0 aliphatic heterocycles. The Balaban J connectivity index is 1.59. The third kappa shape index (κ3) is 4.34. The standard InChI is InChI=1S/C12H19NO4/c14-11(6-17-7-12(15)16)13-5-10(8-1-2-8)9-3-4-9/h8-10H,1-7H2,(H,13,14)(H,15,16). The van der Waals surface area contributed by atoms with E-state index in [0.29, 0.717) is 5.92 Å². The molecule has 1 amide bonds. The number of carbonyl (C=O) groups excluding carboxylic acids is 1. The Labute approximate surface area is 101 Å². The summed E-state index contributed by atoms with van der Waals surface area (Å²) in [4.78, 5) is 21.6. The van der Waals surface area contributed by atoms with E-state index in [1.807, 2.05) is 0 Å². The molecule has 96 valence electrons. The SMILES string of the molecule is O=C(O)COCC(=O)NCC(C1CC1)C1CC1. The molecule has 0 radical (unpaired) electrons. The monoisotopic (exact) mass is 241 g/mol. The molecule has 0 bridgehead atoms. The number of hydrogen-bond acceptors (Lipinski definition) is 3. The van der Waals surface area contributed by atoms with Crippen LogP contribution in [0.1, 0.15) is 25.7 Å². The number of carboxylic acids is 1. The summed E-state index contributed by atoms with van der Waals surface area (Å²) < 4.78 is 4.73. The topological polar surface area (TPSA) is 75.6 Å². The lowest BCUT2D eigenvalue weighted by molar-refractivity contribution is -0.143. The van der Waals surface area contributed by atoms with Crippen LogP contribution in [0.4, 0.5) is 0 Å². The Morgan fingerprint density at radius 2 is 1.76 bits per heavy atom. The zero-order chi connectivity index (χ0) is 12.3. The molecule has 0 heterocycles. The van der Waals surface area contributed by atoms with Crippen LogP contribution in [0.15, 0.2) is 0 Å². The number of ether oxygens (including phenoxy) is 1. The van der Waals surface area contributed by atoms with Gasteiger partial charge in [0.25, 0.3) is 0 Å². The molecule has 0 aromatic rings. The third-order valence-electron chi connectivity index (χ3n) is 3.45. The quantitative estimate of drug-likeness (QED) is 0.654. The lowest BCUT2D eigenvalue weighted by Crippen LogP contribution is -2.34. The maximum Gasteiger partial charge on any atom is 0.329 e. The van der Waals surface area contributed by atoms with E-state index in [1.54, 1.807) is 0 Å². The van der Waals surface area contributed by atoms with Gasteiger partial charge < -0.3 is 15.2 Å². The largest absolute Gasteiger partial charge is 0.480 e. The van der Waals surface area contributed by atoms with Crippen molar-refractivity contribution in [2.24, 2.45) is 17.8 Å².